The van der Waals surface area contributed by atoms with Crippen molar-refractivity contribution in [3.8, 4) is 11.3 Å². The highest BCUT2D eigenvalue weighted by Gasteiger charge is 2.31. The number of amides is 2. The van der Waals surface area contributed by atoms with Gasteiger partial charge in [-0.1, -0.05) is 20.8 Å². The van der Waals surface area contributed by atoms with Crippen LogP contribution in [0.2, 0.25) is 0 Å². The normalized spacial score (nSPS) is 13.6. The molecule has 1 heterocycles. The van der Waals surface area contributed by atoms with Gasteiger partial charge >= 0.3 is 0 Å². The minimum absolute atomic E-state index is 0.0891. The molecule has 0 saturated carbocycles. The Kier molecular flexibility index (Phi) is 9.03. The van der Waals surface area contributed by atoms with Crippen LogP contribution in [-0.2, 0) is 23.2 Å². The van der Waals surface area contributed by atoms with Crippen LogP contribution >= 0.6 is 0 Å². The Morgan fingerprint density at radius 2 is 1.94 bits per heavy atom. The molecule has 182 valence electrons. The van der Waals surface area contributed by atoms with E-state index in [1.165, 1.54) is 21.8 Å². The molecule has 2 amide bonds. The molecule has 0 fully saturated rings. The number of nitrogens with zero attached hydrogens (tertiary/aromatic N) is 3. The fraction of sp³-hybridized carbons (Fsp3) is 0.500. The molecular weight excluding hydrogens is 434 g/mol. The van der Waals surface area contributed by atoms with E-state index in [1.54, 1.807) is 26.4 Å². The summed E-state index contributed by atoms with van der Waals surface area (Å²) in [5, 5.41) is 20.9. The molecule has 33 heavy (non-hydrogen) atoms. The lowest BCUT2D eigenvalue weighted by Crippen LogP contribution is -2.56. The summed E-state index contributed by atoms with van der Waals surface area (Å²) in [7, 11) is 3.34. The van der Waals surface area contributed by atoms with E-state index >= 15 is 0 Å². The highest BCUT2D eigenvalue weighted by Crippen LogP contribution is 2.24. The highest BCUT2D eigenvalue weighted by atomic mass is 19.1. The molecule has 4 N–H and O–H groups in total. The molecule has 0 aliphatic carbocycles. The second-order valence-corrected chi connectivity index (χ2v) is 8.92. The van der Waals surface area contributed by atoms with E-state index in [0.29, 0.717) is 12.1 Å². The number of hydrogen-bond acceptors (Lipinski definition) is 6. The van der Waals surface area contributed by atoms with Crippen molar-refractivity contribution in [3.05, 3.63) is 41.6 Å². The number of likely N-dealkylation sites (N-methyl/N-ethyl adjacent to an activating group) is 1. The van der Waals surface area contributed by atoms with Gasteiger partial charge in [0.25, 0.3) is 5.91 Å². The van der Waals surface area contributed by atoms with Crippen molar-refractivity contribution in [1.29, 1.82) is 0 Å². The molecule has 0 aliphatic heterocycles. The Bertz CT molecular complexity index is 937. The number of rotatable bonds is 11. The monoisotopic (exact) mass is 466 g/mol. The minimum atomic E-state index is -1.09. The summed E-state index contributed by atoms with van der Waals surface area (Å²) in [6.07, 6.45) is 1.01. The van der Waals surface area contributed by atoms with E-state index in [9.17, 15) is 23.5 Å². The van der Waals surface area contributed by atoms with Crippen molar-refractivity contribution in [1.82, 2.24) is 30.8 Å². The molecular formula is C22H32F2N6O3. The van der Waals surface area contributed by atoms with Gasteiger partial charge in [-0.05, 0) is 30.7 Å². The van der Waals surface area contributed by atoms with Gasteiger partial charge in [-0.2, -0.15) is 5.10 Å². The lowest BCUT2D eigenvalue weighted by atomic mass is 9.86. The zero-order valence-corrected chi connectivity index (χ0v) is 19.5. The standard InChI is InChI=1S/C22H32F2N6O3/c1-22(2,3)20(25-4)21(33)28-30(11-15(32)10-26-13-31)12-16-17(23)8-14(9-18(16)24)19-6-7-29(5)27-19/h6-9,13,15,20,25,32H,10-12H2,1-5H3,(H,26,31)(H,28,33). The van der Waals surface area contributed by atoms with Crippen LogP contribution in [0.3, 0.4) is 0 Å². The third kappa shape index (κ3) is 7.31. The number of carbonyl (C=O) groups excluding carboxylic acids is 2. The van der Waals surface area contributed by atoms with Gasteiger partial charge in [0.1, 0.15) is 11.6 Å². The number of nitrogens with one attached hydrogen (secondary N) is 3. The smallest absolute Gasteiger partial charge is 0.251 e. The predicted molar refractivity (Wildman–Crippen MR) is 119 cm³/mol. The zero-order chi connectivity index (χ0) is 24.8. The van der Waals surface area contributed by atoms with Gasteiger partial charge in [0, 0.05) is 44.0 Å². The van der Waals surface area contributed by atoms with Gasteiger partial charge in [-0.25, -0.2) is 13.8 Å². The molecule has 9 nitrogen and oxygen atoms in total. The second kappa shape index (κ2) is 11.3. The maximum absolute atomic E-state index is 14.9. The number of aliphatic hydroxyl groups excluding tert-OH is 1. The first-order valence-electron chi connectivity index (χ1n) is 10.5. The van der Waals surface area contributed by atoms with Crippen molar-refractivity contribution in [2.24, 2.45) is 12.5 Å². The van der Waals surface area contributed by atoms with E-state index < -0.39 is 35.1 Å². The quantitative estimate of drug-likeness (QED) is 0.290. The largest absolute Gasteiger partial charge is 0.390 e. The summed E-state index contributed by atoms with van der Waals surface area (Å²) in [5.74, 6) is -2.04. The summed E-state index contributed by atoms with van der Waals surface area (Å²) in [5.41, 5.74) is 2.63. The van der Waals surface area contributed by atoms with E-state index in [0.717, 1.165) is 0 Å². The summed E-state index contributed by atoms with van der Waals surface area (Å²) in [4.78, 5) is 23.4. The lowest BCUT2D eigenvalue weighted by Gasteiger charge is -2.33. The number of aryl methyl sites for hydroxylation is 1. The van der Waals surface area contributed by atoms with Gasteiger partial charge in [0.2, 0.25) is 6.41 Å². The molecule has 11 heteroatoms. The highest BCUT2D eigenvalue weighted by molar-refractivity contribution is 5.82. The van der Waals surface area contributed by atoms with Crippen LogP contribution in [0.15, 0.2) is 24.4 Å². The second-order valence-electron chi connectivity index (χ2n) is 8.92. The van der Waals surface area contributed by atoms with Crippen LogP contribution in [0, 0.1) is 17.0 Å². The van der Waals surface area contributed by atoms with E-state index in [2.05, 4.69) is 21.2 Å². The van der Waals surface area contributed by atoms with Crippen LogP contribution in [0.4, 0.5) is 8.78 Å². The molecule has 0 aliphatic rings. The Morgan fingerprint density at radius 3 is 2.42 bits per heavy atom. The maximum atomic E-state index is 14.9. The maximum Gasteiger partial charge on any atom is 0.251 e. The SMILES string of the molecule is CNC(C(=O)NN(Cc1c(F)cc(-c2ccn(C)n2)cc1F)CC(O)CNC=O)C(C)(C)C. The number of halogens is 2. The molecule has 0 bridgehead atoms. The van der Waals surface area contributed by atoms with Crippen LogP contribution in [0.1, 0.15) is 26.3 Å². The molecule has 0 radical (unpaired) electrons. The number of aromatic nitrogens is 2. The number of hydrogen-bond donors (Lipinski definition) is 4. The number of hydrazine groups is 1. The van der Waals surface area contributed by atoms with Gasteiger partial charge in [0.05, 0.1) is 17.8 Å². The number of carbonyl (C=O) groups is 2. The summed E-state index contributed by atoms with van der Waals surface area (Å²) in [6, 6.07) is 3.39. The van der Waals surface area contributed by atoms with Crippen LogP contribution < -0.4 is 16.1 Å². The molecule has 0 saturated heterocycles. The summed E-state index contributed by atoms with van der Waals surface area (Å²) in [6.45, 7) is 5.01. The number of aliphatic hydroxyl groups is 1. The van der Waals surface area contributed by atoms with Gasteiger partial charge < -0.3 is 15.7 Å². The topological polar surface area (TPSA) is 112 Å². The first-order chi connectivity index (χ1) is 15.5. The summed E-state index contributed by atoms with van der Waals surface area (Å²) < 4.78 is 31.3. The van der Waals surface area contributed by atoms with Crippen molar-refractivity contribution in [2.45, 2.75) is 39.5 Å². The molecule has 1 aromatic carbocycles. The molecule has 2 atom stereocenters. The van der Waals surface area contributed by atoms with E-state index in [4.69, 9.17) is 0 Å². The molecule has 2 rings (SSSR count). The van der Waals surface area contributed by atoms with Crippen LogP contribution in [0.5, 0.6) is 0 Å². The van der Waals surface area contributed by atoms with E-state index in [-0.39, 0.29) is 30.8 Å². The zero-order valence-electron chi connectivity index (χ0n) is 19.5. The Balaban J connectivity index is 2.29. The van der Waals surface area contributed by atoms with Gasteiger partial charge in [0.15, 0.2) is 0 Å². The van der Waals surface area contributed by atoms with Crippen molar-refractivity contribution in [2.75, 3.05) is 20.1 Å². The average Bonchev–Trinajstić information content (AvgIpc) is 3.14. The first kappa shape index (κ1) is 26.4. The first-order valence-corrected chi connectivity index (χ1v) is 10.5. The van der Waals surface area contributed by atoms with Crippen LogP contribution in [-0.4, -0.2) is 64.5 Å². The van der Waals surface area contributed by atoms with E-state index in [1.807, 2.05) is 20.8 Å². The average molecular weight is 467 g/mol. The molecule has 2 aromatic rings. The lowest BCUT2D eigenvalue weighted by molar-refractivity contribution is -0.131. The fourth-order valence-corrected chi connectivity index (χ4v) is 3.49. The molecule has 2 unspecified atom stereocenters. The molecule has 0 spiro atoms. The van der Waals surface area contributed by atoms with Gasteiger partial charge in [-0.15, -0.1) is 0 Å². The predicted octanol–water partition coefficient (Wildman–Crippen LogP) is 0.939. The number of benzene rings is 1. The third-order valence-corrected chi connectivity index (χ3v) is 5.05. The Labute approximate surface area is 192 Å². The Hall–Kier alpha value is -2.89. The fourth-order valence-electron chi connectivity index (χ4n) is 3.49. The third-order valence-electron chi connectivity index (χ3n) is 5.05. The minimum Gasteiger partial charge on any atom is -0.390 e. The van der Waals surface area contributed by atoms with Crippen molar-refractivity contribution in [3.63, 3.8) is 0 Å². The summed E-state index contributed by atoms with van der Waals surface area (Å²) >= 11 is 0. The van der Waals surface area contributed by atoms with Crippen LogP contribution in [0.25, 0.3) is 11.3 Å². The van der Waals surface area contributed by atoms with Gasteiger partial charge in [-0.3, -0.25) is 19.7 Å². The Morgan fingerprint density at radius 1 is 1.30 bits per heavy atom. The van der Waals surface area contributed by atoms with Crippen molar-refractivity contribution < 1.29 is 23.5 Å². The molecule has 1 aromatic heterocycles. The van der Waals surface area contributed by atoms with Crippen molar-refractivity contribution >= 4 is 12.3 Å².